The van der Waals surface area contributed by atoms with Gasteiger partial charge in [0.25, 0.3) is 5.56 Å². The SMILES string of the molecule is CN(CCC(=O)N1CCN(C2=CC=C(C#N)CC#[N+]2)CC1)C1CCc2c1n[nH]c(=O)c2C(F)(F)F. The molecule has 4 rings (SSSR count). The van der Waals surface area contributed by atoms with Crippen LogP contribution in [0.3, 0.4) is 0 Å². The molecule has 1 N–H and O–H groups in total. The van der Waals surface area contributed by atoms with Crippen LogP contribution in [0.25, 0.3) is 4.85 Å². The summed E-state index contributed by atoms with van der Waals surface area (Å²) in [5.41, 5.74) is -1.63. The minimum Gasteiger partial charge on any atom is -0.335 e. The molecule has 12 heteroatoms. The lowest BCUT2D eigenvalue weighted by molar-refractivity contribution is -0.139. The number of aromatic amines is 1. The third-order valence-electron chi connectivity index (χ3n) is 6.59. The maximum absolute atomic E-state index is 13.3. The van der Waals surface area contributed by atoms with E-state index in [1.165, 1.54) is 0 Å². The van der Waals surface area contributed by atoms with Crippen molar-refractivity contribution in [2.75, 3.05) is 39.8 Å². The first-order valence-corrected chi connectivity index (χ1v) is 11.3. The highest BCUT2D eigenvalue weighted by Crippen LogP contribution is 2.39. The number of nitriles is 1. The molecule has 1 amide bonds. The van der Waals surface area contributed by atoms with Crippen molar-refractivity contribution in [3.05, 3.63) is 55.6 Å². The van der Waals surface area contributed by atoms with E-state index in [2.05, 4.69) is 22.1 Å². The van der Waals surface area contributed by atoms with Gasteiger partial charge >= 0.3 is 12.0 Å². The molecular formula is C23H25F3N7O2+. The molecule has 184 valence electrons. The number of halogens is 3. The van der Waals surface area contributed by atoms with E-state index in [-0.39, 0.29) is 30.0 Å². The lowest BCUT2D eigenvalue weighted by atomic mass is 10.1. The summed E-state index contributed by atoms with van der Waals surface area (Å²) >= 11 is 0. The van der Waals surface area contributed by atoms with Crippen LogP contribution in [0.15, 0.2) is 28.3 Å². The predicted octanol–water partition coefficient (Wildman–Crippen LogP) is 2.27. The molecule has 9 nitrogen and oxygen atoms in total. The summed E-state index contributed by atoms with van der Waals surface area (Å²) in [6.45, 7) is 2.60. The lowest BCUT2D eigenvalue weighted by Crippen LogP contribution is -2.48. The Morgan fingerprint density at radius 1 is 1.34 bits per heavy atom. The number of hydrogen-bond acceptors (Lipinski definition) is 6. The van der Waals surface area contributed by atoms with Gasteiger partial charge in [-0.1, -0.05) is 0 Å². The number of aromatic nitrogens is 2. The van der Waals surface area contributed by atoms with Gasteiger partial charge in [-0.05, 0) is 31.5 Å². The van der Waals surface area contributed by atoms with Gasteiger partial charge in [0.05, 0.1) is 37.3 Å². The van der Waals surface area contributed by atoms with Crippen molar-refractivity contribution in [2.45, 2.75) is 37.9 Å². The van der Waals surface area contributed by atoms with E-state index in [9.17, 15) is 22.8 Å². The molecule has 0 spiro atoms. The molecule has 1 fully saturated rings. The number of fused-ring (bicyclic) bond motifs is 1. The maximum Gasteiger partial charge on any atom is 0.422 e. The summed E-state index contributed by atoms with van der Waals surface area (Å²) in [4.78, 5) is 34.4. The van der Waals surface area contributed by atoms with Gasteiger partial charge < -0.3 is 4.90 Å². The average molecular weight is 488 g/mol. The fourth-order valence-electron chi connectivity index (χ4n) is 4.68. The quantitative estimate of drug-likeness (QED) is 0.683. The van der Waals surface area contributed by atoms with Crippen molar-refractivity contribution in [3.63, 3.8) is 0 Å². The Balaban J connectivity index is 1.32. The van der Waals surface area contributed by atoms with E-state index < -0.39 is 23.3 Å². The van der Waals surface area contributed by atoms with Crippen molar-refractivity contribution in [1.82, 2.24) is 24.9 Å². The number of allylic oxidation sites excluding steroid dienone is 3. The van der Waals surface area contributed by atoms with Crippen molar-refractivity contribution < 1.29 is 18.0 Å². The van der Waals surface area contributed by atoms with E-state index in [1.54, 1.807) is 24.1 Å². The highest BCUT2D eigenvalue weighted by molar-refractivity contribution is 5.76. The highest BCUT2D eigenvalue weighted by Gasteiger charge is 2.42. The second-order valence-corrected chi connectivity index (χ2v) is 8.72. The molecule has 3 heterocycles. The van der Waals surface area contributed by atoms with Crippen molar-refractivity contribution in [1.29, 1.82) is 5.26 Å². The van der Waals surface area contributed by atoms with E-state index in [0.717, 1.165) is 0 Å². The summed E-state index contributed by atoms with van der Waals surface area (Å²) in [7, 11) is 1.75. The van der Waals surface area contributed by atoms with Crippen LogP contribution in [-0.4, -0.2) is 70.6 Å². The van der Waals surface area contributed by atoms with E-state index in [4.69, 9.17) is 5.26 Å². The number of amides is 1. The normalized spacial score (nSPS) is 19.8. The first-order chi connectivity index (χ1) is 16.7. The Labute approximate surface area is 199 Å². The number of nitrogens with zero attached hydrogens (tertiary/aromatic N) is 6. The topological polar surface area (TPSA) is 101 Å². The fraction of sp³-hybridized carbons (Fsp3) is 0.522. The summed E-state index contributed by atoms with van der Waals surface area (Å²) < 4.78 is 40.0. The number of alkyl halides is 3. The van der Waals surface area contributed by atoms with Crippen molar-refractivity contribution in [2.24, 2.45) is 0 Å². The lowest BCUT2D eigenvalue weighted by Gasteiger charge is -2.31. The molecule has 1 aliphatic carbocycles. The van der Waals surface area contributed by atoms with Crippen LogP contribution in [0, 0.1) is 17.4 Å². The van der Waals surface area contributed by atoms with Gasteiger partial charge in [-0.15, -0.1) is 0 Å². The molecule has 2 aliphatic heterocycles. The molecule has 1 aromatic rings. The maximum atomic E-state index is 13.3. The van der Waals surface area contributed by atoms with E-state index >= 15 is 0 Å². The van der Waals surface area contributed by atoms with Crippen LogP contribution in [0.1, 0.15) is 42.1 Å². The van der Waals surface area contributed by atoms with Gasteiger partial charge in [-0.3, -0.25) is 14.5 Å². The molecule has 3 aliphatic rings. The van der Waals surface area contributed by atoms with Gasteiger partial charge in [-0.25, -0.2) is 10.00 Å². The summed E-state index contributed by atoms with van der Waals surface area (Å²) in [6, 6.07) is 4.57. The number of nitrogens with one attached hydrogen (secondary N) is 1. The smallest absolute Gasteiger partial charge is 0.335 e. The predicted molar refractivity (Wildman–Crippen MR) is 120 cm³/mol. The second-order valence-electron chi connectivity index (χ2n) is 8.72. The molecule has 0 bridgehead atoms. The third-order valence-corrected chi connectivity index (χ3v) is 6.59. The molecule has 35 heavy (non-hydrogen) atoms. The van der Waals surface area contributed by atoms with Crippen molar-refractivity contribution >= 4 is 5.91 Å². The van der Waals surface area contributed by atoms with Gasteiger partial charge in [0.2, 0.25) is 5.91 Å². The molecule has 1 unspecified atom stereocenters. The van der Waals surface area contributed by atoms with Crippen LogP contribution in [0.4, 0.5) is 13.2 Å². The largest absolute Gasteiger partial charge is 0.422 e. The van der Waals surface area contributed by atoms with Gasteiger partial charge in [-0.2, -0.15) is 28.4 Å². The molecule has 1 atom stereocenters. The Morgan fingerprint density at radius 3 is 2.77 bits per heavy atom. The monoisotopic (exact) mass is 488 g/mol. The van der Waals surface area contributed by atoms with Crippen LogP contribution >= 0.6 is 0 Å². The number of rotatable bonds is 5. The average Bonchev–Trinajstić information content (AvgIpc) is 3.10. The number of carbonyl (C=O) groups is 1. The molecule has 0 aromatic carbocycles. The van der Waals surface area contributed by atoms with Gasteiger partial charge in [0, 0.05) is 24.6 Å². The minimum absolute atomic E-state index is 0.0308. The zero-order chi connectivity index (χ0) is 25.2. The number of hydrogen-bond donors (Lipinski definition) is 1. The van der Waals surface area contributed by atoms with Gasteiger partial charge in [0.1, 0.15) is 18.7 Å². The van der Waals surface area contributed by atoms with Crippen LogP contribution in [-0.2, 0) is 17.4 Å². The summed E-state index contributed by atoms with van der Waals surface area (Å²) in [6.07, 6.45) is -0.104. The molecule has 0 saturated carbocycles. The minimum atomic E-state index is -4.74. The standard InChI is InChI=1S/C23H24F3N7O2/c1-31(17-4-3-16-20(23(24,25)26)22(35)30-29-21(16)17)9-7-19(34)33-12-10-32(11-13-33)18-5-2-15(14-27)6-8-28-18/h2,5,17H,3-4,6-7,9-13H2,1H3/p+1. The van der Waals surface area contributed by atoms with Crippen LogP contribution in [0.2, 0.25) is 0 Å². The Morgan fingerprint density at radius 2 is 2.09 bits per heavy atom. The van der Waals surface area contributed by atoms with E-state index in [1.807, 2.05) is 14.9 Å². The first-order valence-electron chi connectivity index (χ1n) is 11.3. The zero-order valence-corrected chi connectivity index (χ0v) is 19.2. The van der Waals surface area contributed by atoms with Crippen molar-refractivity contribution in [3.8, 4) is 12.1 Å². The summed E-state index contributed by atoms with van der Waals surface area (Å²) in [5.74, 6) is 0.683. The zero-order valence-electron chi connectivity index (χ0n) is 19.2. The number of piperazine rings is 1. The van der Waals surface area contributed by atoms with E-state index in [0.29, 0.717) is 57.0 Å². The molecule has 1 saturated heterocycles. The third kappa shape index (κ3) is 5.23. The molecule has 1 aromatic heterocycles. The Kier molecular flexibility index (Phi) is 6.94. The number of H-pyrrole nitrogens is 1. The Bertz CT molecular complexity index is 1220. The van der Waals surface area contributed by atoms with Crippen LogP contribution in [0.5, 0.6) is 0 Å². The highest BCUT2D eigenvalue weighted by atomic mass is 19.4. The number of carbonyl (C=O) groups excluding carboxylic acids is 1. The first kappa shape index (κ1) is 24.5. The summed E-state index contributed by atoms with van der Waals surface area (Å²) in [5, 5.41) is 14.9. The van der Waals surface area contributed by atoms with Crippen LogP contribution < -0.4 is 5.56 Å². The fourth-order valence-corrected chi connectivity index (χ4v) is 4.68. The molecular weight excluding hydrogens is 463 g/mol. The Hall–Kier alpha value is -3.64. The second kappa shape index (κ2) is 9.92. The molecule has 0 radical (unpaired) electrons. The van der Waals surface area contributed by atoms with Gasteiger partial charge in [0.15, 0.2) is 6.07 Å².